The quantitative estimate of drug-likeness (QED) is 0.683. The highest BCUT2D eigenvalue weighted by Crippen LogP contribution is 2.14. The molecule has 0 radical (unpaired) electrons. The highest BCUT2D eigenvalue weighted by molar-refractivity contribution is 5.64. The van der Waals surface area contributed by atoms with Crippen molar-refractivity contribution in [3.63, 3.8) is 0 Å². The van der Waals surface area contributed by atoms with E-state index in [1.807, 2.05) is 6.92 Å². The second-order valence-electron chi connectivity index (χ2n) is 3.61. The summed E-state index contributed by atoms with van der Waals surface area (Å²) in [5.74, 6) is 0.0254. The molecule has 4 nitrogen and oxygen atoms in total. The molecular formula is C12H14O4. The average molecular weight is 222 g/mol. The van der Waals surface area contributed by atoms with E-state index in [1.54, 1.807) is 26.0 Å². The summed E-state index contributed by atoms with van der Waals surface area (Å²) in [4.78, 5) is 22.9. The molecule has 0 aliphatic rings. The summed E-state index contributed by atoms with van der Waals surface area (Å²) in [5.41, 5.74) is 1.79. The van der Waals surface area contributed by atoms with Crippen LogP contribution in [0.2, 0.25) is 0 Å². The normalized spacial score (nSPS) is 9.75. The van der Waals surface area contributed by atoms with E-state index in [0.717, 1.165) is 5.56 Å². The van der Waals surface area contributed by atoms with Crippen LogP contribution in [-0.2, 0) is 4.74 Å². The standard InChI is InChI=1S/C12H14O4/c1-7-5-8(2)10(13)11(9(3)6-7)16-12(14)15-4/h5-6H,1-4H3. The summed E-state index contributed by atoms with van der Waals surface area (Å²) in [6.45, 7) is 5.27. The molecule has 16 heavy (non-hydrogen) atoms. The van der Waals surface area contributed by atoms with Crippen molar-refractivity contribution in [2.45, 2.75) is 20.8 Å². The molecule has 4 heteroatoms. The lowest BCUT2D eigenvalue weighted by Gasteiger charge is -2.02. The van der Waals surface area contributed by atoms with Crippen LogP contribution in [-0.4, -0.2) is 13.3 Å². The second kappa shape index (κ2) is 4.79. The molecule has 0 spiro atoms. The summed E-state index contributed by atoms with van der Waals surface area (Å²) < 4.78 is 9.21. The van der Waals surface area contributed by atoms with Crippen molar-refractivity contribution in [3.05, 3.63) is 39.0 Å². The lowest BCUT2D eigenvalue weighted by molar-refractivity contribution is 0.121. The number of carbonyl (C=O) groups is 1. The second-order valence-corrected chi connectivity index (χ2v) is 3.61. The number of hydrogen-bond donors (Lipinski definition) is 0. The average Bonchev–Trinajstić information content (AvgIpc) is 2.30. The van der Waals surface area contributed by atoms with Crippen LogP contribution in [0.1, 0.15) is 16.7 Å². The predicted octanol–water partition coefficient (Wildman–Crippen LogP) is 2.12. The minimum atomic E-state index is -0.886. The molecule has 0 heterocycles. The molecule has 0 saturated heterocycles. The molecule has 1 rings (SSSR count). The zero-order valence-corrected chi connectivity index (χ0v) is 9.79. The Balaban J connectivity index is 3.39. The van der Waals surface area contributed by atoms with Crippen molar-refractivity contribution in [2.24, 2.45) is 0 Å². The van der Waals surface area contributed by atoms with Crippen LogP contribution in [0.15, 0.2) is 16.9 Å². The van der Waals surface area contributed by atoms with Gasteiger partial charge < -0.3 is 9.47 Å². The van der Waals surface area contributed by atoms with E-state index in [2.05, 4.69) is 4.74 Å². The highest BCUT2D eigenvalue weighted by atomic mass is 16.7. The Kier molecular flexibility index (Phi) is 3.66. The lowest BCUT2D eigenvalue weighted by atomic mass is 10.2. The molecule has 1 aromatic rings. The van der Waals surface area contributed by atoms with E-state index in [0.29, 0.717) is 11.1 Å². The molecule has 0 aromatic heterocycles. The largest absolute Gasteiger partial charge is 0.513 e. The first-order valence-electron chi connectivity index (χ1n) is 4.83. The van der Waals surface area contributed by atoms with Gasteiger partial charge in [-0.2, -0.15) is 0 Å². The van der Waals surface area contributed by atoms with Gasteiger partial charge in [-0.05, 0) is 26.3 Å². The van der Waals surface area contributed by atoms with Crippen LogP contribution in [0.4, 0.5) is 4.79 Å². The third kappa shape index (κ3) is 2.59. The number of ether oxygens (including phenoxy) is 2. The molecule has 0 bridgehead atoms. The molecular weight excluding hydrogens is 208 g/mol. The Morgan fingerprint density at radius 1 is 1.12 bits per heavy atom. The number of hydrogen-bond acceptors (Lipinski definition) is 4. The predicted molar refractivity (Wildman–Crippen MR) is 60.0 cm³/mol. The van der Waals surface area contributed by atoms with Gasteiger partial charge in [0, 0.05) is 5.56 Å². The van der Waals surface area contributed by atoms with E-state index >= 15 is 0 Å². The van der Waals surface area contributed by atoms with Crippen LogP contribution >= 0.6 is 0 Å². The maximum atomic E-state index is 11.9. The van der Waals surface area contributed by atoms with Crippen molar-refractivity contribution < 1.29 is 14.3 Å². The molecule has 0 saturated carbocycles. The molecule has 1 aromatic carbocycles. The topological polar surface area (TPSA) is 52.6 Å². The van der Waals surface area contributed by atoms with Gasteiger partial charge in [0.2, 0.25) is 5.43 Å². The van der Waals surface area contributed by atoms with Crippen molar-refractivity contribution in [2.75, 3.05) is 7.11 Å². The van der Waals surface area contributed by atoms with Crippen LogP contribution < -0.4 is 10.2 Å². The zero-order chi connectivity index (χ0) is 12.3. The first-order valence-corrected chi connectivity index (χ1v) is 4.83. The van der Waals surface area contributed by atoms with Gasteiger partial charge in [-0.15, -0.1) is 0 Å². The van der Waals surface area contributed by atoms with Crippen molar-refractivity contribution in [1.82, 2.24) is 0 Å². The maximum absolute atomic E-state index is 11.9. The Morgan fingerprint density at radius 3 is 2.25 bits per heavy atom. The summed E-state index contributed by atoms with van der Waals surface area (Å²) in [6, 6.07) is 3.53. The molecule has 0 aliphatic heterocycles. The van der Waals surface area contributed by atoms with E-state index in [1.165, 1.54) is 7.11 Å². The summed E-state index contributed by atoms with van der Waals surface area (Å²) in [6.07, 6.45) is -0.886. The molecule has 0 unspecified atom stereocenters. The summed E-state index contributed by atoms with van der Waals surface area (Å²) in [7, 11) is 1.20. The van der Waals surface area contributed by atoms with Gasteiger partial charge in [0.1, 0.15) is 0 Å². The molecule has 0 fully saturated rings. The number of methoxy groups -OCH3 is 1. The minimum Gasteiger partial charge on any atom is -0.437 e. The van der Waals surface area contributed by atoms with Gasteiger partial charge in [0.15, 0.2) is 5.75 Å². The van der Waals surface area contributed by atoms with Gasteiger partial charge in [-0.1, -0.05) is 17.7 Å². The van der Waals surface area contributed by atoms with Crippen molar-refractivity contribution in [1.29, 1.82) is 0 Å². The molecule has 0 aliphatic carbocycles. The van der Waals surface area contributed by atoms with Gasteiger partial charge in [0.05, 0.1) is 7.11 Å². The Hall–Kier alpha value is -1.84. The van der Waals surface area contributed by atoms with Gasteiger partial charge in [-0.25, -0.2) is 4.79 Å². The monoisotopic (exact) mass is 222 g/mol. The van der Waals surface area contributed by atoms with E-state index in [4.69, 9.17) is 4.74 Å². The molecule has 86 valence electrons. The number of rotatable bonds is 1. The van der Waals surface area contributed by atoms with Crippen LogP contribution in [0.5, 0.6) is 5.75 Å². The summed E-state index contributed by atoms with van der Waals surface area (Å²) in [5, 5.41) is 0. The number of aryl methyl sites for hydroxylation is 3. The fourth-order valence-corrected chi connectivity index (χ4v) is 1.47. The molecule has 0 atom stereocenters. The smallest absolute Gasteiger partial charge is 0.437 e. The fraction of sp³-hybridized carbons (Fsp3) is 0.333. The van der Waals surface area contributed by atoms with Gasteiger partial charge in [0.25, 0.3) is 0 Å². The Morgan fingerprint density at radius 2 is 1.69 bits per heavy atom. The number of carbonyl (C=O) groups excluding carboxylic acids is 1. The molecule has 0 N–H and O–H groups in total. The van der Waals surface area contributed by atoms with E-state index < -0.39 is 6.16 Å². The van der Waals surface area contributed by atoms with Crippen molar-refractivity contribution in [3.8, 4) is 5.75 Å². The van der Waals surface area contributed by atoms with Gasteiger partial charge in [-0.3, -0.25) is 4.79 Å². The Labute approximate surface area is 93.8 Å². The third-order valence-electron chi connectivity index (χ3n) is 2.16. The lowest BCUT2D eigenvalue weighted by Crippen LogP contribution is -2.15. The summed E-state index contributed by atoms with van der Waals surface area (Å²) >= 11 is 0. The van der Waals surface area contributed by atoms with E-state index in [9.17, 15) is 9.59 Å². The van der Waals surface area contributed by atoms with Crippen LogP contribution in [0.25, 0.3) is 0 Å². The van der Waals surface area contributed by atoms with Crippen molar-refractivity contribution >= 4 is 6.16 Å². The van der Waals surface area contributed by atoms with E-state index in [-0.39, 0.29) is 11.2 Å². The third-order valence-corrected chi connectivity index (χ3v) is 2.16. The molecule has 0 amide bonds. The first-order chi connectivity index (χ1) is 7.45. The fourth-order valence-electron chi connectivity index (χ4n) is 1.47. The maximum Gasteiger partial charge on any atom is 0.513 e. The first kappa shape index (κ1) is 12.2. The van der Waals surface area contributed by atoms with Crippen LogP contribution in [0.3, 0.4) is 0 Å². The van der Waals surface area contributed by atoms with Gasteiger partial charge >= 0.3 is 6.16 Å². The Bertz CT molecular complexity index is 477. The van der Waals surface area contributed by atoms with Crippen LogP contribution in [0, 0.1) is 20.8 Å². The minimum absolute atomic E-state index is 0.0254. The highest BCUT2D eigenvalue weighted by Gasteiger charge is 2.11. The SMILES string of the molecule is COC(=O)Oc1c(C)cc(C)cc(C)c1=O. The zero-order valence-electron chi connectivity index (χ0n) is 9.79.